The third-order valence-corrected chi connectivity index (χ3v) is 5.12. The summed E-state index contributed by atoms with van der Waals surface area (Å²) in [5.74, 6) is 0. The number of hydrogen-bond donors (Lipinski definition) is 0. The molecule has 0 bridgehead atoms. The topological polar surface area (TPSA) is 47.2 Å². The van der Waals surface area contributed by atoms with Gasteiger partial charge < -0.3 is 0 Å². The van der Waals surface area contributed by atoms with Gasteiger partial charge in [-0.1, -0.05) is 67.6 Å². The van der Waals surface area contributed by atoms with Gasteiger partial charge in [-0.3, -0.25) is 0 Å². The van der Waals surface area contributed by atoms with Gasteiger partial charge in [-0.2, -0.15) is 4.48 Å². The van der Waals surface area contributed by atoms with Crippen molar-refractivity contribution in [3.05, 3.63) is 102 Å². The molecule has 1 aliphatic heterocycles. The fraction of sp³-hybridized carbons (Fsp3) is 0.174. The first-order valence-corrected chi connectivity index (χ1v) is 9.49. The number of nitrogens with zero attached hydrogens (tertiary/aromatic N) is 4. The number of carbonyl (C=O) groups is 1. The quantitative estimate of drug-likeness (QED) is 0.606. The molecule has 2 aromatic carbocycles. The molecule has 0 saturated carbocycles. The minimum Gasteiger partial charge on any atom is -0.245 e. The molecule has 0 saturated heterocycles. The number of benzene rings is 2. The number of rotatable bonds is 5. The molecule has 5 heteroatoms. The molecule has 140 valence electrons. The van der Waals surface area contributed by atoms with Gasteiger partial charge in [0.05, 0.1) is 0 Å². The molecule has 3 aromatic rings. The van der Waals surface area contributed by atoms with Gasteiger partial charge in [-0.15, -0.1) is 0 Å². The van der Waals surface area contributed by atoms with E-state index in [0.29, 0.717) is 13.0 Å². The van der Waals surface area contributed by atoms with Gasteiger partial charge in [-0.25, -0.2) is 19.3 Å². The van der Waals surface area contributed by atoms with Crippen LogP contribution in [0, 0.1) is 0 Å². The van der Waals surface area contributed by atoms with Crippen LogP contribution in [-0.2, 0) is 13.0 Å². The van der Waals surface area contributed by atoms with Crippen molar-refractivity contribution in [3.63, 3.8) is 0 Å². The summed E-state index contributed by atoms with van der Waals surface area (Å²) in [4.78, 5) is 22.4. The lowest BCUT2D eigenvalue weighted by Gasteiger charge is -2.29. The van der Waals surface area contributed by atoms with Crippen LogP contribution in [0.4, 0.5) is 4.79 Å². The molecule has 5 nitrogen and oxygen atoms in total. The van der Waals surface area contributed by atoms with Crippen molar-refractivity contribution in [2.45, 2.75) is 26.3 Å². The molecule has 0 N–H and O–H groups in total. The Balaban J connectivity index is 1.78. The van der Waals surface area contributed by atoms with Crippen LogP contribution in [0.25, 0.3) is 0 Å². The van der Waals surface area contributed by atoms with Gasteiger partial charge in [0.1, 0.15) is 24.3 Å². The van der Waals surface area contributed by atoms with Crippen molar-refractivity contribution in [2.24, 2.45) is 4.99 Å². The fourth-order valence-electron chi connectivity index (χ4n) is 3.78. The monoisotopic (exact) mass is 371 g/mol. The zero-order valence-corrected chi connectivity index (χ0v) is 15.9. The second kappa shape index (κ2) is 7.74. The molecule has 0 aliphatic carbocycles. The molecule has 1 unspecified atom stereocenters. The third kappa shape index (κ3) is 3.32. The van der Waals surface area contributed by atoms with E-state index in [1.165, 1.54) is 5.56 Å². The minimum atomic E-state index is -0.0648. The van der Waals surface area contributed by atoms with Crippen molar-refractivity contribution in [1.82, 2.24) is 9.55 Å². The van der Waals surface area contributed by atoms with Gasteiger partial charge in [0.25, 0.3) is 0 Å². The maximum atomic E-state index is 13.6. The predicted octanol–water partition coefficient (Wildman–Crippen LogP) is 4.77. The molecule has 0 fully saturated rings. The second-order valence-electron chi connectivity index (χ2n) is 6.92. The number of aromatic nitrogens is 2. The van der Waals surface area contributed by atoms with E-state index in [4.69, 9.17) is 4.99 Å². The molecule has 2 heterocycles. The van der Waals surface area contributed by atoms with Crippen LogP contribution in [-0.4, -0.2) is 26.4 Å². The summed E-state index contributed by atoms with van der Waals surface area (Å²) in [5.41, 5.74) is 4.29. The molecular formula is C23H23N4O+. The highest BCUT2D eigenvalue weighted by molar-refractivity contribution is 5.81. The summed E-state index contributed by atoms with van der Waals surface area (Å²) in [5, 5.41) is 0. The van der Waals surface area contributed by atoms with Gasteiger partial charge in [0.2, 0.25) is 6.34 Å². The number of carbonyl (C=O) groups excluding carboxylic acids is 1. The largest absolute Gasteiger partial charge is 0.439 e. The number of hydrogen-bond acceptors (Lipinski definition) is 3. The molecule has 1 aromatic heterocycles. The lowest BCUT2D eigenvalue weighted by atomic mass is 10.1. The Bertz CT molecular complexity index is 1010. The number of aliphatic imine (C=N–C) groups is 1. The van der Waals surface area contributed by atoms with Crippen molar-refractivity contribution < 1.29 is 9.28 Å². The average molecular weight is 371 g/mol. The van der Waals surface area contributed by atoms with Gasteiger partial charge >= 0.3 is 6.03 Å². The molecule has 1 aliphatic rings. The van der Waals surface area contributed by atoms with Gasteiger partial charge in [0.15, 0.2) is 0 Å². The summed E-state index contributed by atoms with van der Waals surface area (Å²) in [6, 6.07) is 20.3. The highest BCUT2D eigenvalue weighted by Crippen LogP contribution is 2.34. The average Bonchev–Trinajstić information content (AvgIpc) is 3.38. The lowest BCUT2D eigenvalue weighted by Crippen LogP contribution is -2.50. The van der Waals surface area contributed by atoms with Crippen molar-refractivity contribution in [1.29, 1.82) is 0 Å². The molecule has 1 atom stereocenters. The van der Waals surface area contributed by atoms with E-state index < -0.39 is 0 Å². The van der Waals surface area contributed by atoms with Crippen LogP contribution >= 0.6 is 0 Å². The molecular weight excluding hydrogens is 348 g/mol. The van der Waals surface area contributed by atoms with E-state index in [9.17, 15) is 4.79 Å². The smallest absolute Gasteiger partial charge is 0.245 e. The van der Waals surface area contributed by atoms with Crippen molar-refractivity contribution in [2.75, 3.05) is 0 Å². The van der Waals surface area contributed by atoms with Crippen LogP contribution in [0.2, 0.25) is 0 Å². The maximum Gasteiger partial charge on any atom is 0.439 e. The SMILES string of the molecule is CCC1=C(Cc2ccccc2)N=C[N+]1(Cc1ccccc1)C(=O)n1ccnc1. The Labute approximate surface area is 164 Å². The third-order valence-electron chi connectivity index (χ3n) is 5.12. The fourth-order valence-corrected chi connectivity index (χ4v) is 3.78. The van der Waals surface area contributed by atoms with Crippen LogP contribution in [0.5, 0.6) is 0 Å². The Kier molecular flexibility index (Phi) is 5.00. The Hall–Kier alpha value is -3.31. The first-order valence-electron chi connectivity index (χ1n) is 9.49. The minimum absolute atomic E-state index is 0.0648. The van der Waals surface area contributed by atoms with E-state index in [0.717, 1.165) is 23.4 Å². The molecule has 4 rings (SSSR count). The summed E-state index contributed by atoms with van der Waals surface area (Å²) in [6.07, 6.45) is 8.14. The lowest BCUT2D eigenvalue weighted by molar-refractivity contribution is -0.723. The Morgan fingerprint density at radius 2 is 1.68 bits per heavy atom. The predicted molar refractivity (Wildman–Crippen MR) is 109 cm³/mol. The Morgan fingerprint density at radius 1 is 1.00 bits per heavy atom. The number of amides is 1. The molecule has 0 spiro atoms. The van der Waals surface area contributed by atoms with E-state index >= 15 is 0 Å². The van der Waals surface area contributed by atoms with Crippen molar-refractivity contribution >= 4 is 12.4 Å². The normalized spacial score (nSPS) is 18.6. The standard InChI is InChI=1S/C23H23N4O/c1-2-22-21(15-19-9-5-3-6-10-19)25-18-27(22,16-20-11-7-4-8-12-20)23(28)26-14-13-24-17-26/h3-14,17-18H,2,15-16H2,1H3/q+1. The van der Waals surface area contributed by atoms with Crippen LogP contribution in [0.15, 0.2) is 95.8 Å². The number of imidazole rings is 1. The summed E-state index contributed by atoms with van der Waals surface area (Å²) in [6.45, 7) is 2.62. The summed E-state index contributed by atoms with van der Waals surface area (Å²) < 4.78 is 1.62. The van der Waals surface area contributed by atoms with Crippen LogP contribution in [0.1, 0.15) is 24.5 Å². The van der Waals surface area contributed by atoms with E-state index in [-0.39, 0.29) is 10.5 Å². The molecule has 0 radical (unpaired) electrons. The second-order valence-corrected chi connectivity index (χ2v) is 6.92. The van der Waals surface area contributed by atoms with Crippen LogP contribution in [0.3, 0.4) is 0 Å². The highest BCUT2D eigenvalue weighted by atomic mass is 16.2. The maximum absolute atomic E-state index is 13.6. The Morgan fingerprint density at radius 3 is 2.29 bits per heavy atom. The zero-order valence-electron chi connectivity index (χ0n) is 15.9. The number of allylic oxidation sites excluding steroid dienone is 2. The molecule has 1 amide bonds. The van der Waals surface area contributed by atoms with Crippen molar-refractivity contribution in [3.8, 4) is 0 Å². The highest BCUT2D eigenvalue weighted by Gasteiger charge is 2.46. The summed E-state index contributed by atoms with van der Waals surface area (Å²) >= 11 is 0. The molecule has 28 heavy (non-hydrogen) atoms. The van der Waals surface area contributed by atoms with E-state index in [1.807, 2.05) is 36.4 Å². The summed E-state index contributed by atoms with van der Waals surface area (Å²) in [7, 11) is 0. The van der Waals surface area contributed by atoms with E-state index in [2.05, 4.69) is 36.2 Å². The van der Waals surface area contributed by atoms with E-state index in [1.54, 1.807) is 29.6 Å². The van der Waals surface area contributed by atoms with Gasteiger partial charge in [0, 0.05) is 30.8 Å². The zero-order chi connectivity index (χ0) is 19.4. The first kappa shape index (κ1) is 18.1. The first-order chi connectivity index (χ1) is 13.7. The van der Waals surface area contributed by atoms with Crippen LogP contribution < -0.4 is 0 Å². The van der Waals surface area contributed by atoms with Gasteiger partial charge in [-0.05, 0) is 5.56 Å². The number of quaternary nitrogens is 1.